The molecule has 2 aliphatic rings. The van der Waals surface area contributed by atoms with Gasteiger partial charge >= 0.3 is 0 Å². The summed E-state index contributed by atoms with van der Waals surface area (Å²) >= 11 is 0. The Kier molecular flexibility index (Phi) is 4.02. The minimum Gasteiger partial charge on any atom is -0.507 e. The van der Waals surface area contributed by atoms with Gasteiger partial charge in [0.05, 0.1) is 0 Å². The highest BCUT2D eigenvalue weighted by Gasteiger charge is 2.47. The Hall–Kier alpha value is -2.75. The molecule has 1 aliphatic carbocycles. The van der Waals surface area contributed by atoms with E-state index < -0.39 is 5.78 Å². The summed E-state index contributed by atoms with van der Waals surface area (Å²) in [4.78, 5) is 12.9. The van der Waals surface area contributed by atoms with E-state index in [4.69, 9.17) is 4.74 Å². The summed E-state index contributed by atoms with van der Waals surface area (Å²) in [6.45, 7) is 8.21. The van der Waals surface area contributed by atoms with Gasteiger partial charge in [0, 0.05) is 23.1 Å². The van der Waals surface area contributed by atoms with E-state index >= 15 is 0 Å². The summed E-state index contributed by atoms with van der Waals surface area (Å²) in [6, 6.07) is 10.2. The summed E-state index contributed by atoms with van der Waals surface area (Å²) in [5.74, 6) is -0.109. The number of benzene rings is 2. The molecule has 2 aromatic rings. The largest absolute Gasteiger partial charge is 0.507 e. The van der Waals surface area contributed by atoms with E-state index in [1.54, 1.807) is 24.3 Å². The van der Waals surface area contributed by atoms with Gasteiger partial charge in [0.2, 0.25) is 5.78 Å². The maximum absolute atomic E-state index is 12.9. The molecular weight excluding hydrogens is 340 g/mol. The van der Waals surface area contributed by atoms with E-state index in [2.05, 4.69) is 13.5 Å². The second-order valence-electron chi connectivity index (χ2n) is 8.08. The van der Waals surface area contributed by atoms with Crippen molar-refractivity contribution in [1.29, 1.82) is 0 Å². The third-order valence-electron chi connectivity index (χ3n) is 6.03. The molecule has 2 bridgehead atoms. The predicted octanol–water partition coefficient (Wildman–Crippen LogP) is 4.94. The molecule has 1 saturated carbocycles. The van der Waals surface area contributed by atoms with E-state index in [0.717, 1.165) is 24.8 Å². The number of rotatable bonds is 3. The normalized spacial score (nSPS) is 26.0. The van der Waals surface area contributed by atoms with Gasteiger partial charge in [0.25, 0.3) is 0 Å². The molecule has 1 heterocycles. The van der Waals surface area contributed by atoms with Crippen LogP contribution in [0.4, 0.5) is 0 Å². The second kappa shape index (κ2) is 6.15. The van der Waals surface area contributed by atoms with Crippen molar-refractivity contribution in [3.8, 4) is 17.2 Å². The summed E-state index contributed by atoms with van der Waals surface area (Å²) in [5.41, 5.74) is 1.73. The minimum atomic E-state index is -0.399. The Morgan fingerprint density at radius 1 is 1.26 bits per heavy atom. The molecule has 0 amide bonds. The van der Waals surface area contributed by atoms with Crippen molar-refractivity contribution in [2.45, 2.75) is 44.6 Å². The van der Waals surface area contributed by atoms with Gasteiger partial charge in [0.15, 0.2) is 0 Å². The molecule has 4 nitrogen and oxygen atoms in total. The molecule has 1 fully saturated rings. The van der Waals surface area contributed by atoms with Crippen LogP contribution >= 0.6 is 0 Å². The summed E-state index contributed by atoms with van der Waals surface area (Å²) < 4.78 is 6.16. The monoisotopic (exact) mass is 364 g/mol. The van der Waals surface area contributed by atoms with Gasteiger partial charge in [-0.1, -0.05) is 42.5 Å². The maximum atomic E-state index is 12.9. The van der Waals surface area contributed by atoms with Crippen LogP contribution in [-0.2, 0) is 0 Å². The number of hydrogen-bond acceptors (Lipinski definition) is 4. The van der Waals surface area contributed by atoms with Crippen LogP contribution in [0.1, 0.15) is 60.5 Å². The first-order valence-electron chi connectivity index (χ1n) is 9.34. The summed E-state index contributed by atoms with van der Waals surface area (Å²) in [5, 5.41) is 21.6. The van der Waals surface area contributed by atoms with Gasteiger partial charge in [-0.3, -0.25) is 4.79 Å². The molecular formula is C23H24O4. The molecule has 2 aromatic carbocycles. The minimum absolute atomic E-state index is 0.0212. The molecule has 1 aliphatic heterocycles. The van der Waals surface area contributed by atoms with E-state index in [1.165, 1.54) is 6.07 Å². The lowest BCUT2D eigenvalue weighted by atomic mass is 9.65. The Balaban J connectivity index is 1.88. The number of allylic oxidation sites excluding steroid dienone is 1. The van der Waals surface area contributed by atoms with Crippen molar-refractivity contribution in [3.63, 3.8) is 0 Å². The number of hydrogen-bond donors (Lipinski definition) is 2. The Labute approximate surface area is 159 Å². The fourth-order valence-electron chi connectivity index (χ4n) is 4.67. The molecule has 4 rings (SSSR count). The number of phenols is 2. The third kappa shape index (κ3) is 2.80. The zero-order valence-corrected chi connectivity index (χ0v) is 15.7. The first-order chi connectivity index (χ1) is 12.8. The quantitative estimate of drug-likeness (QED) is 0.598. The number of carbonyl (C=O) groups is 1. The van der Waals surface area contributed by atoms with Crippen LogP contribution in [0.25, 0.3) is 0 Å². The highest BCUT2D eigenvalue weighted by atomic mass is 16.5. The average Bonchev–Trinajstić information content (AvgIpc) is 2.61. The smallest absolute Gasteiger partial charge is 0.200 e. The number of ether oxygens (including phenoxy) is 1. The molecule has 0 saturated heterocycles. The molecule has 2 N–H and O–H groups in total. The van der Waals surface area contributed by atoms with Crippen LogP contribution in [0.15, 0.2) is 48.6 Å². The van der Waals surface area contributed by atoms with Crippen molar-refractivity contribution in [3.05, 3.63) is 65.2 Å². The lowest BCUT2D eigenvalue weighted by Gasteiger charge is -2.48. The average molecular weight is 364 g/mol. The van der Waals surface area contributed by atoms with Crippen LogP contribution in [0.3, 0.4) is 0 Å². The number of ketones is 1. The number of phenolic OH excluding ortho intramolecular Hbond substituents is 2. The van der Waals surface area contributed by atoms with Gasteiger partial charge in [0.1, 0.15) is 28.4 Å². The zero-order chi connectivity index (χ0) is 19.3. The van der Waals surface area contributed by atoms with Crippen LogP contribution in [0, 0.1) is 5.92 Å². The van der Waals surface area contributed by atoms with Crippen LogP contribution in [0.2, 0.25) is 0 Å². The lowest BCUT2D eigenvalue weighted by Crippen LogP contribution is -2.44. The Morgan fingerprint density at radius 2 is 1.96 bits per heavy atom. The maximum Gasteiger partial charge on any atom is 0.200 e. The molecule has 3 unspecified atom stereocenters. The van der Waals surface area contributed by atoms with Gasteiger partial charge in [-0.05, 0) is 39.0 Å². The van der Waals surface area contributed by atoms with E-state index in [-0.39, 0.29) is 34.5 Å². The fourth-order valence-corrected chi connectivity index (χ4v) is 4.67. The third-order valence-corrected chi connectivity index (χ3v) is 6.03. The number of carbonyl (C=O) groups excluding carboxylic acids is 1. The van der Waals surface area contributed by atoms with Gasteiger partial charge in [-0.15, -0.1) is 0 Å². The second-order valence-corrected chi connectivity index (χ2v) is 8.08. The molecule has 0 spiro atoms. The van der Waals surface area contributed by atoms with Crippen LogP contribution < -0.4 is 4.74 Å². The van der Waals surface area contributed by atoms with Crippen molar-refractivity contribution >= 4 is 5.78 Å². The van der Waals surface area contributed by atoms with E-state index in [0.29, 0.717) is 16.9 Å². The van der Waals surface area contributed by atoms with Gasteiger partial charge in [-0.25, -0.2) is 0 Å². The molecule has 27 heavy (non-hydrogen) atoms. The molecule has 3 atom stereocenters. The van der Waals surface area contributed by atoms with Crippen molar-refractivity contribution in [2.75, 3.05) is 0 Å². The first-order valence-corrected chi connectivity index (χ1v) is 9.34. The topological polar surface area (TPSA) is 66.8 Å². The SMILES string of the molecule is C=C(C)C1CCC2(C)CC1c1c(cc(O)c(C(=O)c3ccccc3)c1O)O2. The highest BCUT2D eigenvalue weighted by molar-refractivity contribution is 6.12. The van der Waals surface area contributed by atoms with Crippen LogP contribution in [0.5, 0.6) is 17.2 Å². The van der Waals surface area contributed by atoms with E-state index in [1.807, 2.05) is 13.0 Å². The standard InChI is InChI=1S/C23H24O4/c1-13(2)15-9-10-23(3)12-16(15)19-18(27-23)11-17(24)20(22(19)26)21(25)14-7-5-4-6-8-14/h4-8,11,15-16,24,26H,1,9-10,12H2,2-3H3. The van der Waals surface area contributed by atoms with Crippen molar-refractivity contribution < 1.29 is 19.7 Å². The first kappa shape index (κ1) is 17.7. The predicted molar refractivity (Wildman–Crippen MR) is 104 cm³/mol. The number of aromatic hydroxyl groups is 2. The van der Waals surface area contributed by atoms with E-state index in [9.17, 15) is 15.0 Å². The summed E-state index contributed by atoms with van der Waals surface area (Å²) in [7, 11) is 0. The van der Waals surface area contributed by atoms with Gasteiger partial charge < -0.3 is 14.9 Å². The molecule has 140 valence electrons. The molecule has 0 aromatic heterocycles. The zero-order valence-electron chi connectivity index (χ0n) is 15.7. The summed E-state index contributed by atoms with van der Waals surface area (Å²) in [6.07, 6.45) is 2.58. The molecule has 0 radical (unpaired) electrons. The van der Waals surface area contributed by atoms with Crippen LogP contribution in [-0.4, -0.2) is 21.6 Å². The van der Waals surface area contributed by atoms with Crippen molar-refractivity contribution in [2.24, 2.45) is 5.92 Å². The fraction of sp³-hybridized carbons (Fsp3) is 0.348. The number of fused-ring (bicyclic) bond motifs is 4. The highest BCUT2D eigenvalue weighted by Crippen LogP contribution is 2.57. The lowest BCUT2D eigenvalue weighted by molar-refractivity contribution is 0.00613. The van der Waals surface area contributed by atoms with Crippen molar-refractivity contribution in [1.82, 2.24) is 0 Å². The van der Waals surface area contributed by atoms with Gasteiger partial charge in [-0.2, -0.15) is 0 Å². The Bertz CT molecular complexity index is 931. The Morgan fingerprint density at radius 3 is 2.63 bits per heavy atom. The molecule has 4 heteroatoms.